The van der Waals surface area contributed by atoms with Crippen molar-refractivity contribution in [1.29, 1.82) is 0 Å². The lowest BCUT2D eigenvalue weighted by Crippen LogP contribution is -2.13. The molecule has 0 spiro atoms. The van der Waals surface area contributed by atoms with E-state index in [0.717, 1.165) is 11.3 Å². The Hall–Kier alpha value is -2.30. The molecule has 1 rings (SSSR count). The van der Waals surface area contributed by atoms with Gasteiger partial charge in [0.05, 0.1) is 26.2 Å². The lowest BCUT2D eigenvalue weighted by molar-refractivity contribution is -0.145. The molecular weight excluding hydrogens is 284 g/mol. The van der Waals surface area contributed by atoms with Gasteiger partial charge in [0.15, 0.2) is 0 Å². The Morgan fingerprint density at radius 2 is 1.59 bits per heavy atom. The van der Waals surface area contributed by atoms with E-state index in [-0.39, 0.29) is 25.2 Å². The van der Waals surface area contributed by atoms with Gasteiger partial charge < -0.3 is 14.2 Å². The van der Waals surface area contributed by atoms with Crippen LogP contribution in [0.2, 0.25) is 0 Å². The standard InChI is InChI=1S/C17H22O5/c1-4-20-15-9-7-13(8-10-15)11-14(17(19)22-6-3)12-16(18)21-5-2/h7-11H,4-6,12H2,1-3H3. The Labute approximate surface area is 130 Å². The van der Waals surface area contributed by atoms with Crippen molar-refractivity contribution in [3.8, 4) is 5.75 Å². The van der Waals surface area contributed by atoms with Crippen molar-refractivity contribution in [2.75, 3.05) is 19.8 Å². The van der Waals surface area contributed by atoms with Crippen LogP contribution in [0.3, 0.4) is 0 Å². The van der Waals surface area contributed by atoms with Crippen LogP contribution >= 0.6 is 0 Å². The normalized spacial score (nSPS) is 11.0. The summed E-state index contributed by atoms with van der Waals surface area (Å²) in [5, 5.41) is 0. The summed E-state index contributed by atoms with van der Waals surface area (Å²) in [6.07, 6.45) is 1.52. The fourth-order valence-electron chi connectivity index (χ4n) is 1.80. The highest BCUT2D eigenvalue weighted by Gasteiger charge is 2.16. The van der Waals surface area contributed by atoms with Gasteiger partial charge in [-0.1, -0.05) is 12.1 Å². The summed E-state index contributed by atoms with van der Waals surface area (Å²) in [5.74, 6) is -0.208. The van der Waals surface area contributed by atoms with Crippen LogP contribution in [0.4, 0.5) is 0 Å². The van der Waals surface area contributed by atoms with Gasteiger partial charge in [-0.3, -0.25) is 4.79 Å². The molecule has 0 fully saturated rings. The first kappa shape index (κ1) is 17.8. The Bertz CT molecular complexity index is 516. The van der Waals surface area contributed by atoms with Gasteiger partial charge in [-0.15, -0.1) is 0 Å². The molecule has 22 heavy (non-hydrogen) atoms. The summed E-state index contributed by atoms with van der Waals surface area (Å²) in [6.45, 7) is 6.47. The van der Waals surface area contributed by atoms with Gasteiger partial charge in [0.1, 0.15) is 5.75 Å². The fourth-order valence-corrected chi connectivity index (χ4v) is 1.80. The van der Waals surface area contributed by atoms with E-state index in [2.05, 4.69) is 0 Å². The second kappa shape index (κ2) is 9.60. The van der Waals surface area contributed by atoms with Gasteiger partial charge in [0, 0.05) is 5.57 Å². The molecule has 0 unspecified atom stereocenters. The van der Waals surface area contributed by atoms with Gasteiger partial charge in [-0.2, -0.15) is 0 Å². The van der Waals surface area contributed by atoms with Crippen LogP contribution < -0.4 is 4.74 Å². The summed E-state index contributed by atoms with van der Waals surface area (Å²) in [7, 11) is 0. The summed E-state index contributed by atoms with van der Waals surface area (Å²) in [6, 6.07) is 7.25. The SMILES string of the molecule is CCOC(=O)CC(=Cc1ccc(OCC)cc1)C(=O)OCC. The molecular formula is C17H22O5. The number of carbonyl (C=O) groups is 2. The average molecular weight is 306 g/mol. The molecule has 0 atom stereocenters. The molecule has 120 valence electrons. The average Bonchev–Trinajstić information content (AvgIpc) is 2.49. The first-order valence-electron chi connectivity index (χ1n) is 7.36. The van der Waals surface area contributed by atoms with Crippen LogP contribution in [0.15, 0.2) is 29.8 Å². The van der Waals surface area contributed by atoms with E-state index in [4.69, 9.17) is 14.2 Å². The number of carbonyl (C=O) groups excluding carboxylic acids is 2. The Balaban J connectivity index is 2.92. The number of rotatable bonds is 8. The van der Waals surface area contributed by atoms with Crippen molar-refractivity contribution in [3.63, 3.8) is 0 Å². The molecule has 0 heterocycles. The monoisotopic (exact) mass is 306 g/mol. The zero-order chi connectivity index (χ0) is 16.4. The Morgan fingerprint density at radius 1 is 0.955 bits per heavy atom. The first-order chi connectivity index (χ1) is 10.6. The van der Waals surface area contributed by atoms with Crippen molar-refractivity contribution in [3.05, 3.63) is 35.4 Å². The van der Waals surface area contributed by atoms with E-state index < -0.39 is 11.9 Å². The minimum absolute atomic E-state index is 0.111. The van der Waals surface area contributed by atoms with Crippen LogP contribution in [0.5, 0.6) is 5.75 Å². The molecule has 0 aliphatic carbocycles. The highest BCUT2D eigenvalue weighted by molar-refractivity contribution is 5.98. The van der Waals surface area contributed by atoms with Gasteiger partial charge in [-0.25, -0.2) is 4.79 Å². The minimum Gasteiger partial charge on any atom is -0.494 e. The topological polar surface area (TPSA) is 61.8 Å². The predicted molar refractivity (Wildman–Crippen MR) is 83.5 cm³/mol. The second-order valence-electron chi connectivity index (χ2n) is 4.37. The molecule has 0 aliphatic heterocycles. The van der Waals surface area contributed by atoms with E-state index in [1.165, 1.54) is 0 Å². The van der Waals surface area contributed by atoms with Crippen molar-refractivity contribution in [2.45, 2.75) is 27.2 Å². The zero-order valence-electron chi connectivity index (χ0n) is 13.3. The van der Waals surface area contributed by atoms with Gasteiger partial charge in [0.2, 0.25) is 0 Å². The highest BCUT2D eigenvalue weighted by Crippen LogP contribution is 2.17. The summed E-state index contributed by atoms with van der Waals surface area (Å²) >= 11 is 0. The Morgan fingerprint density at radius 3 is 2.14 bits per heavy atom. The largest absolute Gasteiger partial charge is 0.494 e. The molecule has 0 aliphatic rings. The quantitative estimate of drug-likeness (QED) is 0.546. The van der Waals surface area contributed by atoms with Crippen molar-refractivity contribution in [2.24, 2.45) is 0 Å². The third kappa shape index (κ3) is 5.99. The van der Waals surface area contributed by atoms with Crippen LogP contribution in [0, 0.1) is 0 Å². The van der Waals surface area contributed by atoms with Crippen LogP contribution in [-0.2, 0) is 19.1 Å². The maximum Gasteiger partial charge on any atom is 0.334 e. The number of ether oxygens (including phenoxy) is 3. The van der Waals surface area contributed by atoms with E-state index >= 15 is 0 Å². The van der Waals surface area contributed by atoms with E-state index in [1.54, 1.807) is 19.9 Å². The molecule has 0 amide bonds. The lowest BCUT2D eigenvalue weighted by atomic mass is 10.1. The second-order valence-corrected chi connectivity index (χ2v) is 4.37. The van der Waals surface area contributed by atoms with Crippen LogP contribution in [0.1, 0.15) is 32.8 Å². The van der Waals surface area contributed by atoms with Gasteiger partial charge >= 0.3 is 11.9 Å². The molecule has 0 bridgehead atoms. The smallest absolute Gasteiger partial charge is 0.334 e. The zero-order valence-corrected chi connectivity index (χ0v) is 13.3. The molecule has 0 saturated heterocycles. The molecule has 1 aromatic rings. The number of hydrogen-bond acceptors (Lipinski definition) is 5. The number of esters is 2. The third-order valence-corrected chi connectivity index (χ3v) is 2.71. The minimum atomic E-state index is -0.510. The van der Waals surface area contributed by atoms with E-state index in [0.29, 0.717) is 6.61 Å². The summed E-state index contributed by atoms with van der Waals surface area (Å²) in [5.41, 5.74) is 1.06. The third-order valence-electron chi connectivity index (χ3n) is 2.71. The molecule has 1 aromatic carbocycles. The number of benzene rings is 1. The van der Waals surface area contributed by atoms with Crippen LogP contribution in [0.25, 0.3) is 6.08 Å². The number of hydrogen-bond donors (Lipinski definition) is 0. The van der Waals surface area contributed by atoms with Gasteiger partial charge in [-0.05, 0) is 44.5 Å². The van der Waals surface area contributed by atoms with E-state index in [9.17, 15) is 9.59 Å². The first-order valence-corrected chi connectivity index (χ1v) is 7.36. The molecule has 0 aromatic heterocycles. The van der Waals surface area contributed by atoms with Gasteiger partial charge in [0.25, 0.3) is 0 Å². The fraction of sp³-hybridized carbons (Fsp3) is 0.412. The predicted octanol–water partition coefficient (Wildman–Crippen LogP) is 2.99. The summed E-state index contributed by atoms with van der Waals surface area (Å²) in [4.78, 5) is 23.5. The molecule has 0 saturated carbocycles. The lowest BCUT2D eigenvalue weighted by Gasteiger charge is -2.08. The molecule has 5 nitrogen and oxygen atoms in total. The van der Waals surface area contributed by atoms with Crippen molar-refractivity contribution >= 4 is 18.0 Å². The van der Waals surface area contributed by atoms with Crippen molar-refractivity contribution in [1.82, 2.24) is 0 Å². The highest BCUT2D eigenvalue weighted by atomic mass is 16.5. The molecule has 0 radical (unpaired) electrons. The Kier molecular flexibility index (Phi) is 7.75. The maximum absolute atomic E-state index is 11.9. The maximum atomic E-state index is 11.9. The van der Waals surface area contributed by atoms with Crippen molar-refractivity contribution < 1.29 is 23.8 Å². The van der Waals surface area contributed by atoms with E-state index in [1.807, 2.05) is 31.2 Å². The van der Waals surface area contributed by atoms with Crippen LogP contribution in [-0.4, -0.2) is 31.8 Å². The summed E-state index contributed by atoms with van der Waals surface area (Å²) < 4.78 is 15.2. The molecule has 0 N–H and O–H groups in total. The molecule has 5 heteroatoms.